The summed E-state index contributed by atoms with van der Waals surface area (Å²) >= 11 is 0. The summed E-state index contributed by atoms with van der Waals surface area (Å²) < 4.78 is 38.9. The minimum Gasteiger partial charge on any atom is -0.483 e. The molecule has 1 spiro atoms. The molecule has 164 valence electrons. The van der Waals surface area contributed by atoms with Crippen LogP contribution in [0.2, 0.25) is 0 Å². The van der Waals surface area contributed by atoms with Crippen LogP contribution in [0.3, 0.4) is 0 Å². The molecule has 7 nitrogen and oxygen atoms in total. The molecule has 3 aliphatic heterocycles. The van der Waals surface area contributed by atoms with Gasteiger partial charge in [-0.05, 0) is 50.5 Å². The summed E-state index contributed by atoms with van der Waals surface area (Å²) in [6.07, 6.45) is 6.99. The summed E-state index contributed by atoms with van der Waals surface area (Å²) in [6, 6.07) is 7.48. The number of nitrogens with one attached hydrogen (secondary N) is 1. The van der Waals surface area contributed by atoms with E-state index in [1.54, 1.807) is 4.90 Å². The van der Waals surface area contributed by atoms with Gasteiger partial charge in [0.25, 0.3) is 5.91 Å². The van der Waals surface area contributed by atoms with Gasteiger partial charge in [0, 0.05) is 23.6 Å². The van der Waals surface area contributed by atoms with Crippen molar-refractivity contribution in [1.29, 1.82) is 0 Å². The second kappa shape index (κ2) is 7.50. The summed E-state index contributed by atoms with van der Waals surface area (Å²) in [5, 5.41) is 0. The van der Waals surface area contributed by atoms with Crippen molar-refractivity contribution in [2.24, 2.45) is 5.92 Å². The number of para-hydroxylation sites is 1. The third kappa shape index (κ3) is 3.74. The van der Waals surface area contributed by atoms with Crippen molar-refractivity contribution in [1.82, 2.24) is 9.62 Å². The Balaban J connectivity index is 1.45. The summed E-state index contributed by atoms with van der Waals surface area (Å²) in [5.74, 6) is 1.28. The van der Waals surface area contributed by atoms with E-state index in [-0.39, 0.29) is 36.1 Å². The highest BCUT2D eigenvalue weighted by Gasteiger charge is 2.59. The molecular weight excluding hydrogens is 404 g/mol. The summed E-state index contributed by atoms with van der Waals surface area (Å²) in [7, 11) is -3.38. The Morgan fingerprint density at radius 1 is 1.23 bits per heavy atom. The standard InChI is InChI=1S/C22H30N2O5S/c1-30(26,27)23-18-6-4-10-24-19(18)13-28-16-8-9-22(12-15(22)11-16)17-5-2-3-7-20(17)29-14-21(24)25/h2-3,5,7,15-16,18-19,23H,4,6,8-14H2,1H3/t15?,16-,18+,19?,22?/m1/s1. The Labute approximate surface area is 178 Å². The van der Waals surface area contributed by atoms with Gasteiger partial charge in [0.1, 0.15) is 5.75 Å². The van der Waals surface area contributed by atoms with E-state index in [1.165, 1.54) is 11.8 Å². The number of hydrogen-bond donors (Lipinski definition) is 1. The van der Waals surface area contributed by atoms with Crippen LogP contribution in [0.5, 0.6) is 5.75 Å². The number of rotatable bonds is 2. The summed E-state index contributed by atoms with van der Waals surface area (Å²) in [5.41, 5.74) is 1.40. The van der Waals surface area contributed by atoms with Gasteiger partial charge in [-0.1, -0.05) is 18.2 Å². The lowest BCUT2D eigenvalue weighted by molar-refractivity contribution is -0.140. The molecule has 2 saturated carbocycles. The first-order chi connectivity index (χ1) is 14.4. The van der Waals surface area contributed by atoms with Crippen LogP contribution in [0.4, 0.5) is 0 Å². The SMILES string of the molecule is CS(=O)(=O)N[C@H]1CCCN2C(=O)COc3ccccc3C34CC[C@H](CC3C4)OCC12. The molecule has 3 fully saturated rings. The van der Waals surface area contributed by atoms with Gasteiger partial charge >= 0.3 is 0 Å². The number of ether oxygens (including phenoxy) is 2. The van der Waals surface area contributed by atoms with Crippen molar-refractivity contribution in [3.05, 3.63) is 29.8 Å². The maximum Gasteiger partial charge on any atom is 0.260 e. The molecule has 3 heterocycles. The highest BCUT2D eigenvalue weighted by Crippen LogP contribution is 2.64. The van der Waals surface area contributed by atoms with E-state index in [0.29, 0.717) is 25.5 Å². The van der Waals surface area contributed by atoms with Crippen LogP contribution in [-0.2, 0) is 25.0 Å². The normalized spacial score (nSPS) is 36.3. The third-order valence-electron chi connectivity index (χ3n) is 7.43. The predicted molar refractivity (Wildman–Crippen MR) is 112 cm³/mol. The number of carbonyl (C=O) groups excluding carboxylic acids is 1. The lowest BCUT2D eigenvalue weighted by Gasteiger charge is -2.41. The molecule has 5 aliphatic rings. The van der Waals surface area contributed by atoms with Crippen LogP contribution >= 0.6 is 0 Å². The topological polar surface area (TPSA) is 84.9 Å². The number of piperidine rings is 1. The average molecular weight is 435 g/mol. The number of amides is 1. The van der Waals surface area contributed by atoms with E-state index in [0.717, 1.165) is 37.9 Å². The quantitative estimate of drug-likeness (QED) is 0.768. The zero-order valence-electron chi connectivity index (χ0n) is 17.4. The van der Waals surface area contributed by atoms with Gasteiger partial charge in [-0.2, -0.15) is 0 Å². The van der Waals surface area contributed by atoms with Crippen molar-refractivity contribution >= 4 is 15.9 Å². The van der Waals surface area contributed by atoms with Gasteiger partial charge < -0.3 is 14.4 Å². The van der Waals surface area contributed by atoms with Gasteiger partial charge in [0.15, 0.2) is 6.61 Å². The zero-order valence-corrected chi connectivity index (χ0v) is 18.2. The Bertz CT molecular complexity index is 935. The van der Waals surface area contributed by atoms with Gasteiger partial charge in [-0.15, -0.1) is 0 Å². The maximum atomic E-state index is 13.1. The van der Waals surface area contributed by atoms with E-state index < -0.39 is 10.0 Å². The Morgan fingerprint density at radius 3 is 2.87 bits per heavy atom. The molecule has 1 aromatic carbocycles. The smallest absolute Gasteiger partial charge is 0.260 e. The van der Waals surface area contributed by atoms with Gasteiger partial charge in [-0.3, -0.25) is 4.79 Å². The summed E-state index contributed by atoms with van der Waals surface area (Å²) in [6.45, 7) is 0.913. The van der Waals surface area contributed by atoms with E-state index in [9.17, 15) is 13.2 Å². The zero-order chi connectivity index (χ0) is 20.9. The number of benzene rings is 1. The van der Waals surface area contributed by atoms with Crippen molar-refractivity contribution in [3.8, 4) is 5.75 Å². The van der Waals surface area contributed by atoms with Gasteiger partial charge in [0.05, 0.1) is 25.0 Å². The highest BCUT2D eigenvalue weighted by atomic mass is 32.2. The van der Waals surface area contributed by atoms with Crippen LogP contribution in [0.15, 0.2) is 24.3 Å². The van der Waals surface area contributed by atoms with Crippen molar-refractivity contribution in [2.75, 3.05) is 26.0 Å². The Hall–Kier alpha value is -1.64. The van der Waals surface area contributed by atoms with Crippen LogP contribution in [0.1, 0.15) is 44.1 Å². The molecule has 2 bridgehead atoms. The second-order valence-corrected chi connectivity index (χ2v) is 11.1. The largest absolute Gasteiger partial charge is 0.483 e. The molecular formula is C22H30N2O5S. The Kier molecular flexibility index (Phi) is 5.07. The minimum atomic E-state index is -3.38. The van der Waals surface area contributed by atoms with E-state index in [4.69, 9.17) is 9.47 Å². The predicted octanol–water partition coefficient (Wildman–Crippen LogP) is 1.81. The van der Waals surface area contributed by atoms with E-state index in [1.807, 2.05) is 12.1 Å². The molecule has 1 N–H and O–H groups in total. The first kappa shape index (κ1) is 20.3. The first-order valence-corrected chi connectivity index (χ1v) is 12.9. The monoisotopic (exact) mass is 434 g/mol. The summed E-state index contributed by atoms with van der Waals surface area (Å²) in [4.78, 5) is 14.9. The molecule has 30 heavy (non-hydrogen) atoms. The second-order valence-electron chi connectivity index (χ2n) is 9.36. The van der Waals surface area contributed by atoms with Crippen molar-refractivity contribution < 1.29 is 22.7 Å². The first-order valence-electron chi connectivity index (χ1n) is 11.0. The minimum absolute atomic E-state index is 0.0384. The van der Waals surface area contributed by atoms with E-state index >= 15 is 0 Å². The van der Waals surface area contributed by atoms with Crippen LogP contribution < -0.4 is 9.46 Å². The molecule has 0 aromatic heterocycles. The van der Waals surface area contributed by atoms with E-state index in [2.05, 4.69) is 16.9 Å². The fourth-order valence-corrected chi connectivity index (χ4v) is 6.74. The van der Waals surface area contributed by atoms with Crippen LogP contribution in [0.25, 0.3) is 0 Å². The average Bonchev–Trinajstić information content (AvgIpc) is 3.44. The molecule has 1 amide bonds. The number of hydrogen-bond acceptors (Lipinski definition) is 5. The van der Waals surface area contributed by atoms with Gasteiger partial charge in [-0.25, -0.2) is 13.1 Å². The molecule has 1 aromatic rings. The lowest BCUT2D eigenvalue weighted by Crippen LogP contribution is -2.59. The lowest BCUT2D eigenvalue weighted by atomic mass is 9.81. The van der Waals surface area contributed by atoms with Crippen LogP contribution in [0, 0.1) is 5.92 Å². The fraction of sp³-hybridized carbons (Fsp3) is 0.682. The molecule has 0 radical (unpaired) electrons. The number of carbonyl (C=O) groups is 1. The molecule has 2 aliphatic carbocycles. The number of fused-ring (bicyclic) bond motifs is 4. The van der Waals surface area contributed by atoms with Gasteiger partial charge in [0.2, 0.25) is 10.0 Å². The molecule has 3 unspecified atom stereocenters. The van der Waals surface area contributed by atoms with Crippen molar-refractivity contribution in [3.63, 3.8) is 0 Å². The Morgan fingerprint density at radius 2 is 2.07 bits per heavy atom. The molecule has 1 saturated heterocycles. The highest BCUT2D eigenvalue weighted by molar-refractivity contribution is 7.88. The molecule has 5 atom stereocenters. The number of nitrogens with zero attached hydrogens (tertiary/aromatic N) is 1. The fourth-order valence-electron chi connectivity index (χ4n) is 5.91. The third-order valence-corrected chi connectivity index (χ3v) is 8.16. The van der Waals surface area contributed by atoms with Crippen molar-refractivity contribution in [2.45, 2.75) is 62.1 Å². The van der Waals surface area contributed by atoms with Crippen LogP contribution in [-0.4, -0.2) is 63.4 Å². The maximum absolute atomic E-state index is 13.1. The molecule has 8 heteroatoms. The number of sulfonamides is 1. The molecule has 6 rings (SSSR count).